The van der Waals surface area contributed by atoms with Gasteiger partial charge in [-0.25, -0.2) is 4.39 Å². The summed E-state index contributed by atoms with van der Waals surface area (Å²) < 4.78 is 13.5. The lowest BCUT2D eigenvalue weighted by Crippen LogP contribution is -2.40. The fourth-order valence-corrected chi connectivity index (χ4v) is 4.37. The van der Waals surface area contributed by atoms with Gasteiger partial charge in [0.05, 0.1) is 6.04 Å². The number of hydrogen-bond donors (Lipinski definition) is 1. The topological polar surface area (TPSA) is 49.4 Å². The fourth-order valence-electron chi connectivity index (χ4n) is 4.37. The zero-order chi connectivity index (χ0) is 19.7. The molecule has 0 saturated heterocycles. The molecule has 2 amide bonds. The monoisotopic (exact) mass is 380 g/mol. The molecule has 1 aliphatic heterocycles. The van der Waals surface area contributed by atoms with Gasteiger partial charge in [-0.2, -0.15) is 0 Å². The molecule has 0 fully saturated rings. The van der Waals surface area contributed by atoms with Crippen molar-refractivity contribution >= 4 is 17.5 Å². The fraction of sp³-hybridized carbons (Fsp3) is 0.391. The Kier molecular flexibility index (Phi) is 5.16. The molecule has 0 aromatic heterocycles. The largest absolute Gasteiger partial charge is 0.349 e. The van der Waals surface area contributed by atoms with Crippen molar-refractivity contribution in [3.05, 3.63) is 65.0 Å². The molecule has 0 unspecified atom stereocenters. The molecule has 2 atom stereocenters. The highest BCUT2D eigenvalue weighted by Gasteiger charge is 2.29. The molecule has 0 radical (unpaired) electrons. The van der Waals surface area contributed by atoms with Gasteiger partial charge in [0.15, 0.2) is 0 Å². The number of fused-ring (bicyclic) bond motifs is 2. The third kappa shape index (κ3) is 3.66. The Labute approximate surface area is 164 Å². The summed E-state index contributed by atoms with van der Waals surface area (Å²) >= 11 is 0. The van der Waals surface area contributed by atoms with Gasteiger partial charge in [0.2, 0.25) is 11.8 Å². The lowest BCUT2D eigenvalue weighted by atomic mass is 9.80. The first kappa shape index (κ1) is 18.7. The van der Waals surface area contributed by atoms with Crippen LogP contribution in [0.15, 0.2) is 42.5 Å². The molecule has 1 heterocycles. The molecule has 0 saturated carbocycles. The highest BCUT2D eigenvalue weighted by molar-refractivity contribution is 5.97. The number of nitrogens with one attached hydrogen (secondary N) is 1. The number of hydrogen-bond acceptors (Lipinski definition) is 2. The van der Waals surface area contributed by atoms with Crippen molar-refractivity contribution < 1.29 is 14.0 Å². The molecule has 2 aromatic rings. The van der Waals surface area contributed by atoms with Gasteiger partial charge in [0.25, 0.3) is 0 Å². The molecule has 4 rings (SSSR count). The minimum Gasteiger partial charge on any atom is -0.349 e. The van der Waals surface area contributed by atoms with Crippen LogP contribution >= 0.6 is 0 Å². The van der Waals surface area contributed by atoms with Crippen LogP contribution in [0.3, 0.4) is 0 Å². The Hall–Kier alpha value is -2.69. The summed E-state index contributed by atoms with van der Waals surface area (Å²) in [7, 11) is 0. The van der Waals surface area contributed by atoms with E-state index in [2.05, 4.69) is 24.4 Å². The summed E-state index contributed by atoms with van der Waals surface area (Å²) in [6.07, 6.45) is 3.22. The number of amides is 2. The Morgan fingerprint density at radius 3 is 2.82 bits per heavy atom. The van der Waals surface area contributed by atoms with E-state index >= 15 is 0 Å². The second-order valence-electron chi connectivity index (χ2n) is 7.83. The van der Waals surface area contributed by atoms with Crippen LogP contribution in [0.4, 0.5) is 10.1 Å². The molecule has 1 aliphatic carbocycles. The third-order valence-electron chi connectivity index (χ3n) is 5.95. The second-order valence-corrected chi connectivity index (χ2v) is 7.83. The molecule has 4 nitrogen and oxygen atoms in total. The first-order valence-electron chi connectivity index (χ1n) is 9.99. The molecule has 5 heteroatoms. The molecular formula is C23H25FN2O2. The van der Waals surface area contributed by atoms with Gasteiger partial charge in [0.1, 0.15) is 5.82 Å². The number of anilines is 1. The van der Waals surface area contributed by atoms with Gasteiger partial charge in [-0.1, -0.05) is 31.2 Å². The van der Waals surface area contributed by atoms with E-state index in [1.165, 1.54) is 23.3 Å². The van der Waals surface area contributed by atoms with E-state index in [9.17, 15) is 14.0 Å². The second kappa shape index (κ2) is 7.74. The minimum absolute atomic E-state index is 0.0101. The molecule has 1 N–H and O–H groups in total. The summed E-state index contributed by atoms with van der Waals surface area (Å²) in [6.45, 7) is 2.48. The van der Waals surface area contributed by atoms with Crippen LogP contribution in [0.5, 0.6) is 0 Å². The van der Waals surface area contributed by atoms with Gasteiger partial charge < -0.3 is 10.2 Å². The zero-order valence-corrected chi connectivity index (χ0v) is 16.1. The predicted octanol–water partition coefficient (Wildman–Crippen LogP) is 3.93. The molecule has 0 spiro atoms. The van der Waals surface area contributed by atoms with Crippen LogP contribution in [0, 0.1) is 11.7 Å². The van der Waals surface area contributed by atoms with E-state index in [1.807, 2.05) is 12.1 Å². The summed E-state index contributed by atoms with van der Waals surface area (Å²) in [5.74, 6) is 0.00814. The molecule has 2 aromatic carbocycles. The van der Waals surface area contributed by atoms with E-state index in [1.54, 1.807) is 11.0 Å². The van der Waals surface area contributed by atoms with E-state index in [4.69, 9.17) is 0 Å². The Morgan fingerprint density at radius 2 is 1.96 bits per heavy atom. The Bertz CT molecular complexity index is 911. The van der Waals surface area contributed by atoms with E-state index in [0.717, 1.165) is 24.1 Å². The molecule has 146 valence electrons. The maximum atomic E-state index is 13.5. The number of rotatable bonds is 4. The Morgan fingerprint density at radius 1 is 1.14 bits per heavy atom. The maximum absolute atomic E-state index is 13.5. The molecule has 2 aliphatic rings. The third-order valence-corrected chi connectivity index (χ3v) is 5.95. The summed E-state index contributed by atoms with van der Waals surface area (Å²) in [5.41, 5.74) is 4.05. The minimum atomic E-state index is -0.296. The van der Waals surface area contributed by atoms with Crippen LogP contribution < -0.4 is 10.2 Å². The first-order valence-corrected chi connectivity index (χ1v) is 9.99. The van der Waals surface area contributed by atoms with Crippen molar-refractivity contribution in [2.75, 3.05) is 11.4 Å². The van der Waals surface area contributed by atoms with Crippen molar-refractivity contribution in [3.63, 3.8) is 0 Å². The van der Waals surface area contributed by atoms with Gasteiger partial charge in [0, 0.05) is 25.1 Å². The average Bonchev–Trinajstić information content (AvgIpc) is 2.69. The maximum Gasteiger partial charge on any atom is 0.227 e. The van der Waals surface area contributed by atoms with Gasteiger partial charge in [-0.05, 0) is 60.1 Å². The average molecular weight is 380 g/mol. The normalized spacial score (nSPS) is 21.1. The highest BCUT2D eigenvalue weighted by Crippen LogP contribution is 2.34. The standard InChI is InChI=1S/C23H25FN2O2/c1-15-6-7-16-4-2-3-5-19(16)23(15)25-21(27)12-13-26-20-10-9-18(24)14-17(20)8-11-22(26)28/h2-5,9-10,14-15,23H,6-8,11-13H2,1H3,(H,25,27)/t15-,23-/m0/s1. The lowest BCUT2D eigenvalue weighted by molar-refractivity contribution is -0.122. The molecule has 28 heavy (non-hydrogen) atoms. The van der Waals surface area contributed by atoms with Crippen LogP contribution in [0.25, 0.3) is 0 Å². The van der Waals surface area contributed by atoms with Gasteiger partial charge >= 0.3 is 0 Å². The summed E-state index contributed by atoms with van der Waals surface area (Å²) in [4.78, 5) is 26.7. The number of carbonyl (C=O) groups is 2. The van der Waals surface area contributed by atoms with E-state index in [-0.39, 0.29) is 30.1 Å². The van der Waals surface area contributed by atoms with E-state index < -0.39 is 0 Å². The van der Waals surface area contributed by atoms with Crippen LogP contribution in [-0.4, -0.2) is 18.4 Å². The van der Waals surface area contributed by atoms with Crippen LogP contribution in [0.1, 0.15) is 48.9 Å². The van der Waals surface area contributed by atoms with Crippen molar-refractivity contribution in [2.24, 2.45) is 5.92 Å². The first-order chi connectivity index (χ1) is 13.5. The zero-order valence-electron chi connectivity index (χ0n) is 16.1. The number of carbonyl (C=O) groups excluding carboxylic acids is 2. The summed E-state index contributed by atoms with van der Waals surface area (Å²) in [6, 6.07) is 12.8. The number of nitrogens with zero attached hydrogens (tertiary/aromatic N) is 1. The van der Waals surface area contributed by atoms with Crippen LogP contribution in [0.2, 0.25) is 0 Å². The highest BCUT2D eigenvalue weighted by atomic mass is 19.1. The van der Waals surface area contributed by atoms with Crippen LogP contribution in [-0.2, 0) is 22.4 Å². The van der Waals surface area contributed by atoms with Crippen molar-refractivity contribution in [1.29, 1.82) is 0 Å². The number of halogens is 1. The van der Waals surface area contributed by atoms with Crippen molar-refractivity contribution in [3.8, 4) is 0 Å². The van der Waals surface area contributed by atoms with Crippen molar-refractivity contribution in [1.82, 2.24) is 5.32 Å². The van der Waals surface area contributed by atoms with Gasteiger partial charge in [-0.15, -0.1) is 0 Å². The Balaban J connectivity index is 1.44. The SMILES string of the molecule is C[C@H]1CCc2ccccc2[C@H]1NC(=O)CCN1C(=O)CCc2cc(F)ccc21. The predicted molar refractivity (Wildman–Crippen MR) is 107 cm³/mol. The van der Waals surface area contributed by atoms with E-state index in [0.29, 0.717) is 25.3 Å². The smallest absolute Gasteiger partial charge is 0.227 e. The summed E-state index contributed by atoms with van der Waals surface area (Å²) in [5, 5.41) is 3.18. The number of benzene rings is 2. The number of aryl methyl sites for hydroxylation is 2. The van der Waals surface area contributed by atoms with Gasteiger partial charge in [-0.3, -0.25) is 9.59 Å². The quantitative estimate of drug-likeness (QED) is 0.874. The molecular weight excluding hydrogens is 355 g/mol. The van der Waals surface area contributed by atoms with Crippen molar-refractivity contribution in [2.45, 2.75) is 45.1 Å². The lowest BCUT2D eigenvalue weighted by Gasteiger charge is -2.33. The molecule has 0 bridgehead atoms.